The number of ether oxygens (including phenoxy) is 1. The van der Waals surface area contributed by atoms with Crippen molar-refractivity contribution < 1.29 is 24.2 Å². The highest BCUT2D eigenvalue weighted by Gasteiger charge is 2.80. The van der Waals surface area contributed by atoms with Gasteiger partial charge in [0.05, 0.1) is 30.1 Å². The van der Waals surface area contributed by atoms with Gasteiger partial charge in [0.2, 0.25) is 17.7 Å². The lowest BCUT2D eigenvalue weighted by molar-refractivity contribution is -0.147. The quantitative estimate of drug-likeness (QED) is 0.559. The first kappa shape index (κ1) is 25.4. The van der Waals surface area contributed by atoms with Gasteiger partial charge in [0.1, 0.15) is 11.6 Å². The molecule has 8 nitrogen and oxygen atoms in total. The number of fused-ring (bicyclic) bond motifs is 1. The van der Waals surface area contributed by atoms with Crippen LogP contribution in [0.25, 0.3) is 0 Å². The average Bonchev–Trinajstić information content (AvgIpc) is 3.38. The van der Waals surface area contributed by atoms with Crippen molar-refractivity contribution >= 4 is 29.1 Å². The molecule has 0 saturated carbocycles. The van der Waals surface area contributed by atoms with Gasteiger partial charge in [0.15, 0.2) is 0 Å². The number of likely N-dealkylation sites (tertiary alicyclic amines) is 1. The monoisotopic (exact) mass is 505 g/mol. The Morgan fingerprint density at radius 2 is 1.73 bits per heavy atom. The number of nitrogens with zero attached hydrogens (tertiary/aromatic N) is 1. The highest BCUT2D eigenvalue weighted by Crippen LogP contribution is 2.65. The first-order valence-electron chi connectivity index (χ1n) is 12.9. The zero-order chi connectivity index (χ0) is 26.7. The Labute approximate surface area is 217 Å². The van der Waals surface area contributed by atoms with Crippen molar-refractivity contribution in [2.45, 2.75) is 64.3 Å². The summed E-state index contributed by atoms with van der Waals surface area (Å²) < 4.78 is 6.72. The van der Waals surface area contributed by atoms with E-state index in [2.05, 4.69) is 10.6 Å². The van der Waals surface area contributed by atoms with Gasteiger partial charge in [-0.2, -0.15) is 0 Å². The number of anilines is 2. The maximum absolute atomic E-state index is 14.1. The number of hydrogen-bond acceptors (Lipinski definition) is 5. The van der Waals surface area contributed by atoms with Gasteiger partial charge < -0.3 is 25.4 Å². The number of carbonyl (C=O) groups excluding carboxylic acids is 3. The summed E-state index contributed by atoms with van der Waals surface area (Å²) in [5.74, 6) is -2.67. The van der Waals surface area contributed by atoms with Gasteiger partial charge in [-0.05, 0) is 63.3 Å². The highest BCUT2D eigenvalue weighted by atomic mass is 16.5. The van der Waals surface area contributed by atoms with Crippen LogP contribution in [0, 0.1) is 31.6 Å². The van der Waals surface area contributed by atoms with Gasteiger partial charge in [-0.1, -0.05) is 43.3 Å². The second-order valence-electron chi connectivity index (χ2n) is 11.1. The normalized spacial score (nSPS) is 32.8. The number of hydrogen-bond donors (Lipinski definition) is 3. The lowest BCUT2D eigenvalue weighted by Gasteiger charge is -2.36. The molecule has 3 aliphatic rings. The molecule has 7 atom stereocenters. The lowest BCUT2D eigenvalue weighted by atomic mass is 9.62. The number of carbonyl (C=O) groups is 3. The molecule has 3 saturated heterocycles. The maximum atomic E-state index is 14.1. The molecule has 3 amide bonds. The van der Waals surface area contributed by atoms with Gasteiger partial charge in [-0.25, -0.2) is 0 Å². The number of amides is 3. The Bertz CT molecular complexity index is 1230. The van der Waals surface area contributed by atoms with E-state index in [0.29, 0.717) is 17.8 Å². The van der Waals surface area contributed by atoms with Crippen LogP contribution in [0.2, 0.25) is 0 Å². The van der Waals surface area contributed by atoms with E-state index in [0.717, 1.165) is 11.1 Å². The fourth-order valence-corrected chi connectivity index (χ4v) is 6.88. The molecule has 3 unspecified atom stereocenters. The van der Waals surface area contributed by atoms with Crippen molar-refractivity contribution in [3.05, 3.63) is 59.7 Å². The second kappa shape index (κ2) is 8.96. The number of rotatable bonds is 6. The third-order valence-corrected chi connectivity index (χ3v) is 8.79. The molecule has 37 heavy (non-hydrogen) atoms. The molecule has 3 fully saturated rings. The van der Waals surface area contributed by atoms with Crippen LogP contribution in [-0.2, 0) is 19.1 Å². The van der Waals surface area contributed by atoms with E-state index in [1.807, 2.05) is 64.1 Å². The summed E-state index contributed by atoms with van der Waals surface area (Å²) in [6.07, 6.45) is 0.467. The van der Waals surface area contributed by atoms with Crippen molar-refractivity contribution in [2.24, 2.45) is 17.8 Å². The van der Waals surface area contributed by atoms with Gasteiger partial charge in [-0.15, -0.1) is 0 Å². The molecule has 2 aromatic rings. The number of aryl methyl sites for hydroxylation is 2. The Morgan fingerprint density at radius 3 is 2.35 bits per heavy atom. The molecule has 3 heterocycles. The first-order chi connectivity index (χ1) is 17.5. The minimum Gasteiger partial charge on any atom is -0.394 e. The Kier molecular flexibility index (Phi) is 6.15. The lowest BCUT2D eigenvalue weighted by Crippen LogP contribution is -2.56. The highest BCUT2D eigenvalue weighted by molar-refractivity contribution is 6.05. The number of para-hydroxylation sites is 2. The molecule has 2 aromatic carbocycles. The molecule has 0 aromatic heterocycles. The van der Waals surface area contributed by atoms with E-state index in [1.54, 1.807) is 19.1 Å². The van der Waals surface area contributed by atoms with E-state index < -0.39 is 35.1 Å². The zero-order valence-corrected chi connectivity index (χ0v) is 21.9. The molecule has 8 heteroatoms. The van der Waals surface area contributed by atoms with E-state index in [1.165, 1.54) is 4.90 Å². The summed E-state index contributed by atoms with van der Waals surface area (Å²) in [5.41, 5.74) is 1.06. The summed E-state index contributed by atoms with van der Waals surface area (Å²) in [6.45, 7) is 9.13. The molecule has 2 bridgehead atoms. The Balaban J connectivity index is 1.57. The molecule has 0 aliphatic carbocycles. The van der Waals surface area contributed by atoms with E-state index in [9.17, 15) is 19.5 Å². The standard InChI is InChI=1S/C29H35N3O5/c1-16-10-9-11-17(2)23(16)31-26(35)24-29-14-18(3)28(5,37-29)21(22(29)27(36)32(24)19(4)15-33)25(34)30-20-12-7-6-8-13-20/h6-13,18-19,21-22,24,33H,14-15H2,1-5H3,(H,30,34)(H,31,35)/t18?,19-,21-,22+,24?,28+,29?/m1/s1. The molecular weight excluding hydrogens is 470 g/mol. The molecule has 1 spiro atoms. The minimum absolute atomic E-state index is 0.0667. The van der Waals surface area contributed by atoms with E-state index >= 15 is 0 Å². The number of aliphatic hydroxyl groups is 1. The van der Waals surface area contributed by atoms with Crippen LogP contribution in [0.15, 0.2) is 48.5 Å². The van der Waals surface area contributed by atoms with Crippen LogP contribution < -0.4 is 10.6 Å². The SMILES string of the molecule is Cc1cccc(C)c1NC(=O)C1N([C@H](C)CO)C(=O)[C@@H]2[C@H](C(=O)Nc3ccccc3)[C@@]3(C)OC12CC3C. The maximum Gasteiger partial charge on any atom is 0.250 e. The fourth-order valence-electron chi connectivity index (χ4n) is 6.88. The van der Waals surface area contributed by atoms with Gasteiger partial charge in [0, 0.05) is 11.4 Å². The largest absolute Gasteiger partial charge is 0.394 e. The number of aliphatic hydroxyl groups excluding tert-OH is 1. The van der Waals surface area contributed by atoms with E-state index in [4.69, 9.17) is 4.74 Å². The fraction of sp³-hybridized carbons (Fsp3) is 0.483. The van der Waals surface area contributed by atoms with Crippen LogP contribution in [0.5, 0.6) is 0 Å². The molecule has 3 N–H and O–H groups in total. The third kappa shape index (κ3) is 3.68. The van der Waals surface area contributed by atoms with Crippen molar-refractivity contribution in [3.8, 4) is 0 Å². The summed E-state index contributed by atoms with van der Waals surface area (Å²) >= 11 is 0. The van der Waals surface area contributed by atoms with Crippen LogP contribution in [0.1, 0.15) is 38.3 Å². The van der Waals surface area contributed by atoms with Crippen molar-refractivity contribution in [1.29, 1.82) is 0 Å². The van der Waals surface area contributed by atoms with Crippen LogP contribution in [0.4, 0.5) is 11.4 Å². The minimum atomic E-state index is -1.17. The van der Waals surface area contributed by atoms with Crippen LogP contribution >= 0.6 is 0 Å². The second-order valence-corrected chi connectivity index (χ2v) is 11.1. The molecular formula is C29H35N3O5. The summed E-state index contributed by atoms with van der Waals surface area (Å²) in [6, 6.07) is 13.3. The van der Waals surface area contributed by atoms with Crippen molar-refractivity contribution in [3.63, 3.8) is 0 Å². The Morgan fingerprint density at radius 1 is 1.08 bits per heavy atom. The summed E-state index contributed by atoms with van der Waals surface area (Å²) in [4.78, 5) is 43.3. The van der Waals surface area contributed by atoms with Crippen molar-refractivity contribution in [2.75, 3.05) is 17.2 Å². The third-order valence-electron chi connectivity index (χ3n) is 8.79. The topological polar surface area (TPSA) is 108 Å². The predicted octanol–water partition coefficient (Wildman–Crippen LogP) is 3.27. The molecule has 196 valence electrons. The smallest absolute Gasteiger partial charge is 0.250 e. The van der Waals surface area contributed by atoms with Gasteiger partial charge >= 0.3 is 0 Å². The number of nitrogens with one attached hydrogen (secondary N) is 2. The van der Waals surface area contributed by atoms with Gasteiger partial charge in [-0.3, -0.25) is 14.4 Å². The zero-order valence-electron chi connectivity index (χ0n) is 21.9. The van der Waals surface area contributed by atoms with Gasteiger partial charge in [0.25, 0.3) is 0 Å². The molecule has 3 aliphatic heterocycles. The van der Waals surface area contributed by atoms with Crippen LogP contribution in [0.3, 0.4) is 0 Å². The van der Waals surface area contributed by atoms with Crippen molar-refractivity contribution in [1.82, 2.24) is 4.90 Å². The molecule has 5 rings (SSSR count). The van der Waals surface area contributed by atoms with Crippen LogP contribution in [-0.4, -0.2) is 57.6 Å². The van der Waals surface area contributed by atoms with E-state index in [-0.39, 0.29) is 30.2 Å². The first-order valence-corrected chi connectivity index (χ1v) is 12.9. The molecule has 0 radical (unpaired) electrons. The number of benzene rings is 2. The average molecular weight is 506 g/mol. The Hall–Kier alpha value is -3.23. The predicted molar refractivity (Wildman–Crippen MR) is 140 cm³/mol. The summed E-state index contributed by atoms with van der Waals surface area (Å²) in [5, 5.41) is 16.1. The summed E-state index contributed by atoms with van der Waals surface area (Å²) in [7, 11) is 0.